The molecule has 3 rings (SSSR count). The molecular formula is C18H16FN2O. The number of aromatic nitrogens is 2. The van der Waals surface area contributed by atoms with Crippen LogP contribution in [0.4, 0.5) is 4.39 Å². The lowest BCUT2D eigenvalue weighted by Gasteiger charge is -2.10. The lowest BCUT2D eigenvalue weighted by Crippen LogP contribution is -2.20. The molecule has 3 nitrogen and oxygen atoms in total. The highest BCUT2D eigenvalue weighted by atomic mass is 19.1. The van der Waals surface area contributed by atoms with Crippen LogP contribution in [0.3, 0.4) is 0 Å². The molecule has 0 aliphatic heterocycles. The number of hydrogen-bond donors (Lipinski definition) is 0. The Hall–Kier alpha value is -2.49. The van der Waals surface area contributed by atoms with E-state index in [2.05, 4.69) is 18.0 Å². The molecule has 4 heteroatoms. The van der Waals surface area contributed by atoms with Crippen LogP contribution in [0.15, 0.2) is 47.4 Å². The molecule has 0 saturated carbocycles. The third-order valence-corrected chi connectivity index (χ3v) is 3.61. The Morgan fingerprint density at radius 3 is 2.86 bits per heavy atom. The third-order valence-electron chi connectivity index (χ3n) is 3.61. The molecule has 0 aliphatic rings. The van der Waals surface area contributed by atoms with Gasteiger partial charge in [0.15, 0.2) is 0 Å². The lowest BCUT2D eigenvalue weighted by molar-refractivity contribution is 0.617. The van der Waals surface area contributed by atoms with E-state index < -0.39 is 5.82 Å². The monoisotopic (exact) mass is 295 g/mol. The predicted octanol–water partition coefficient (Wildman–Crippen LogP) is 3.64. The van der Waals surface area contributed by atoms with E-state index in [0.717, 1.165) is 25.0 Å². The SMILES string of the molecule is CCCCc1nc2ccc(F)cn2c(=O)c1-c1[c]cccc1. The Morgan fingerprint density at radius 2 is 2.14 bits per heavy atom. The second kappa shape index (κ2) is 6.10. The summed E-state index contributed by atoms with van der Waals surface area (Å²) in [7, 11) is 0. The largest absolute Gasteiger partial charge is 0.268 e. The van der Waals surface area contributed by atoms with Gasteiger partial charge in [-0.25, -0.2) is 9.37 Å². The third kappa shape index (κ3) is 2.64. The summed E-state index contributed by atoms with van der Waals surface area (Å²) < 4.78 is 14.7. The molecule has 0 unspecified atom stereocenters. The van der Waals surface area contributed by atoms with Crippen molar-refractivity contribution in [3.8, 4) is 11.1 Å². The molecule has 3 aromatic rings. The van der Waals surface area contributed by atoms with Crippen molar-refractivity contribution in [2.75, 3.05) is 0 Å². The number of halogens is 1. The van der Waals surface area contributed by atoms with Gasteiger partial charge >= 0.3 is 0 Å². The van der Waals surface area contributed by atoms with Crippen LogP contribution in [0.2, 0.25) is 0 Å². The first kappa shape index (κ1) is 14.4. The molecule has 0 amide bonds. The van der Waals surface area contributed by atoms with Crippen molar-refractivity contribution in [1.82, 2.24) is 9.38 Å². The zero-order valence-electron chi connectivity index (χ0n) is 12.3. The molecular weight excluding hydrogens is 279 g/mol. The predicted molar refractivity (Wildman–Crippen MR) is 84.3 cm³/mol. The maximum absolute atomic E-state index is 13.5. The fourth-order valence-electron chi connectivity index (χ4n) is 2.50. The summed E-state index contributed by atoms with van der Waals surface area (Å²) in [5.41, 5.74) is 2.18. The number of rotatable bonds is 4. The average Bonchev–Trinajstić information content (AvgIpc) is 2.54. The van der Waals surface area contributed by atoms with Gasteiger partial charge in [-0.15, -0.1) is 0 Å². The maximum atomic E-state index is 13.5. The molecule has 0 aliphatic carbocycles. The molecule has 111 valence electrons. The van der Waals surface area contributed by atoms with Crippen LogP contribution in [-0.4, -0.2) is 9.38 Å². The molecule has 0 saturated heterocycles. The van der Waals surface area contributed by atoms with Gasteiger partial charge in [-0.05, 0) is 36.6 Å². The van der Waals surface area contributed by atoms with Crippen LogP contribution in [0.5, 0.6) is 0 Å². The Bertz CT molecular complexity index is 856. The Morgan fingerprint density at radius 1 is 1.27 bits per heavy atom. The van der Waals surface area contributed by atoms with E-state index in [9.17, 15) is 9.18 Å². The average molecular weight is 295 g/mol. The van der Waals surface area contributed by atoms with Crippen LogP contribution < -0.4 is 5.56 Å². The second-order valence-corrected chi connectivity index (χ2v) is 5.19. The molecule has 1 radical (unpaired) electrons. The first-order chi connectivity index (χ1) is 10.7. The number of fused-ring (bicyclic) bond motifs is 1. The summed E-state index contributed by atoms with van der Waals surface area (Å²) in [4.78, 5) is 17.4. The van der Waals surface area contributed by atoms with Crippen molar-refractivity contribution < 1.29 is 4.39 Å². The van der Waals surface area contributed by atoms with Gasteiger partial charge in [0.05, 0.1) is 11.3 Å². The zero-order valence-corrected chi connectivity index (χ0v) is 12.3. The summed E-state index contributed by atoms with van der Waals surface area (Å²) in [6.07, 6.45) is 3.87. The topological polar surface area (TPSA) is 34.4 Å². The summed E-state index contributed by atoms with van der Waals surface area (Å²) in [6, 6.07) is 13.2. The van der Waals surface area contributed by atoms with Crippen LogP contribution in [-0.2, 0) is 6.42 Å². The summed E-state index contributed by atoms with van der Waals surface area (Å²) in [5.74, 6) is -0.458. The highest BCUT2D eigenvalue weighted by Crippen LogP contribution is 2.20. The first-order valence-electron chi connectivity index (χ1n) is 7.38. The molecule has 0 N–H and O–H groups in total. The van der Waals surface area contributed by atoms with Crippen molar-refractivity contribution in [3.63, 3.8) is 0 Å². The van der Waals surface area contributed by atoms with E-state index in [0.29, 0.717) is 16.8 Å². The Labute approximate surface area is 128 Å². The van der Waals surface area contributed by atoms with E-state index in [1.165, 1.54) is 22.7 Å². The summed E-state index contributed by atoms with van der Waals surface area (Å²) in [5, 5.41) is 0. The Balaban J connectivity index is 2.30. The summed E-state index contributed by atoms with van der Waals surface area (Å²) in [6.45, 7) is 2.09. The van der Waals surface area contributed by atoms with Gasteiger partial charge in [-0.2, -0.15) is 0 Å². The molecule has 1 aromatic carbocycles. The molecule has 0 atom stereocenters. The normalized spacial score (nSPS) is 11.0. The van der Waals surface area contributed by atoms with E-state index in [1.807, 2.05) is 18.2 Å². The zero-order chi connectivity index (χ0) is 15.5. The van der Waals surface area contributed by atoms with Crippen LogP contribution in [0.25, 0.3) is 16.8 Å². The molecule has 0 fully saturated rings. The van der Waals surface area contributed by atoms with Gasteiger partial charge in [0, 0.05) is 6.20 Å². The van der Waals surface area contributed by atoms with E-state index in [1.54, 1.807) is 6.07 Å². The van der Waals surface area contributed by atoms with E-state index in [4.69, 9.17) is 0 Å². The van der Waals surface area contributed by atoms with Crippen molar-refractivity contribution in [2.45, 2.75) is 26.2 Å². The fourth-order valence-corrected chi connectivity index (χ4v) is 2.50. The number of nitrogens with zero attached hydrogens (tertiary/aromatic N) is 2. The van der Waals surface area contributed by atoms with E-state index >= 15 is 0 Å². The van der Waals surface area contributed by atoms with Gasteiger partial charge in [0.1, 0.15) is 11.5 Å². The highest BCUT2D eigenvalue weighted by molar-refractivity contribution is 5.66. The maximum Gasteiger partial charge on any atom is 0.266 e. The van der Waals surface area contributed by atoms with Crippen LogP contribution >= 0.6 is 0 Å². The summed E-state index contributed by atoms with van der Waals surface area (Å²) >= 11 is 0. The molecule has 2 heterocycles. The first-order valence-corrected chi connectivity index (χ1v) is 7.38. The van der Waals surface area contributed by atoms with Crippen LogP contribution in [0.1, 0.15) is 25.5 Å². The van der Waals surface area contributed by atoms with Crippen LogP contribution in [0, 0.1) is 11.9 Å². The number of aryl methyl sites for hydroxylation is 1. The quantitative estimate of drug-likeness (QED) is 0.736. The highest BCUT2D eigenvalue weighted by Gasteiger charge is 2.14. The van der Waals surface area contributed by atoms with E-state index in [-0.39, 0.29) is 5.56 Å². The van der Waals surface area contributed by atoms with Crippen molar-refractivity contribution in [1.29, 1.82) is 0 Å². The number of benzene rings is 1. The molecule has 2 aromatic heterocycles. The molecule has 0 spiro atoms. The number of unbranched alkanes of at least 4 members (excludes halogenated alkanes) is 1. The molecule has 0 bridgehead atoms. The Kier molecular flexibility index (Phi) is 4.00. The van der Waals surface area contributed by atoms with Gasteiger partial charge in [0.25, 0.3) is 5.56 Å². The van der Waals surface area contributed by atoms with Gasteiger partial charge in [-0.3, -0.25) is 9.20 Å². The number of hydrogen-bond acceptors (Lipinski definition) is 2. The smallest absolute Gasteiger partial charge is 0.266 e. The van der Waals surface area contributed by atoms with Crippen molar-refractivity contribution >= 4 is 5.65 Å². The van der Waals surface area contributed by atoms with Gasteiger partial charge in [-0.1, -0.05) is 37.6 Å². The second-order valence-electron chi connectivity index (χ2n) is 5.19. The van der Waals surface area contributed by atoms with Crippen molar-refractivity contribution in [3.05, 3.63) is 70.5 Å². The number of pyridine rings is 1. The standard InChI is InChI=1S/C18H16FN2O/c1-2-3-9-15-17(13-7-5-4-6-8-13)18(22)21-12-14(19)10-11-16(21)20-15/h4-7,10-12H,2-3,9H2,1H3. The lowest BCUT2D eigenvalue weighted by atomic mass is 10.0. The molecule has 22 heavy (non-hydrogen) atoms. The van der Waals surface area contributed by atoms with Gasteiger partial charge < -0.3 is 0 Å². The minimum atomic E-state index is -0.458. The minimum absolute atomic E-state index is 0.252. The van der Waals surface area contributed by atoms with Crippen molar-refractivity contribution in [2.24, 2.45) is 0 Å². The minimum Gasteiger partial charge on any atom is -0.268 e. The van der Waals surface area contributed by atoms with Gasteiger partial charge in [0.2, 0.25) is 0 Å². The fraction of sp³-hybridized carbons (Fsp3) is 0.222.